The molecule has 0 spiro atoms. The number of pyridine rings is 1. The summed E-state index contributed by atoms with van der Waals surface area (Å²) in [7, 11) is 0. The molecule has 2 heterocycles. The summed E-state index contributed by atoms with van der Waals surface area (Å²) in [4.78, 5) is 47.7. The number of carbonyl (C=O) groups excluding carboxylic acids is 2. The second-order valence-electron chi connectivity index (χ2n) is 7.39. The van der Waals surface area contributed by atoms with Gasteiger partial charge in [-0.3, -0.25) is 14.6 Å². The quantitative estimate of drug-likeness (QED) is 0.575. The normalized spacial score (nSPS) is 11.8. The molecule has 0 bridgehead atoms. The SMILES string of the molecule is CCOC(=O)NC(CNC(=O)Cc1c(C)nc(-c2ccncc2)[nH]c1=O)CC(C)C. The summed E-state index contributed by atoms with van der Waals surface area (Å²) in [5.41, 5.74) is 1.18. The molecule has 30 heavy (non-hydrogen) atoms. The molecular weight excluding hydrogens is 386 g/mol. The van der Waals surface area contributed by atoms with E-state index in [1.165, 1.54) is 0 Å². The highest BCUT2D eigenvalue weighted by molar-refractivity contribution is 5.79. The van der Waals surface area contributed by atoms with E-state index in [4.69, 9.17) is 4.74 Å². The molecule has 0 aromatic carbocycles. The van der Waals surface area contributed by atoms with Crippen molar-refractivity contribution in [3.8, 4) is 11.4 Å². The molecule has 0 aliphatic heterocycles. The van der Waals surface area contributed by atoms with Gasteiger partial charge in [0.15, 0.2) is 0 Å². The lowest BCUT2D eigenvalue weighted by Crippen LogP contribution is -2.45. The maximum atomic E-state index is 12.5. The molecule has 2 aromatic rings. The molecule has 2 rings (SSSR count). The number of nitrogens with zero attached hydrogens (tertiary/aromatic N) is 2. The van der Waals surface area contributed by atoms with Crippen molar-refractivity contribution in [3.05, 3.63) is 46.1 Å². The highest BCUT2D eigenvalue weighted by Gasteiger charge is 2.18. The van der Waals surface area contributed by atoms with Crippen molar-refractivity contribution >= 4 is 12.0 Å². The minimum absolute atomic E-state index is 0.0986. The number of alkyl carbamates (subject to hydrolysis) is 1. The highest BCUT2D eigenvalue weighted by atomic mass is 16.5. The third kappa shape index (κ3) is 6.98. The van der Waals surface area contributed by atoms with E-state index in [2.05, 4.69) is 25.6 Å². The van der Waals surface area contributed by atoms with Crippen LogP contribution in [0.3, 0.4) is 0 Å². The van der Waals surface area contributed by atoms with Gasteiger partial charge >= 0.3 is 6.09 Å². The first kappa shape index (κ1) is 23.1. The Morgan fingerprint density at radius 2 is 1.93 bits per heavy atom. The van der Waals surface area contributed by atoms with Crippen LogP contribution in [-0.2, 0) is 16.0 Å². The summed E-state index contributed by atoms with van der Waals surface area (Å²) in [6, 6.07) is 3.23. The molecule has 0 fully saturated rings. The van der Waals surface area contributed by atoms with E-state index in [1.54, 1.807) is 38.4 Å². The van der Waals surface area contributed by atoms with Crippen molar-refractivity contribution in [1.29, 1.82) is 0 Å². The van der Waals surface area contributed by atoms with Crippen LogP contribution in [0.2, 0.25) is 0 Å². The monoisotopic (exact) mass is 415 g/mol. The summed E-state index contributed by atoms with van der Waals surface area (Å²) in [6.45, 7) is 8.01. The number of aromatic amines is 1. The number of hydrogen-bond acceptors (Lipinski definition) is 6. The Hall–Kier alpha value is -3.23. The Bertz CT molecular complexity index is 911. The van der Waals surface area contributed by atoms with Gasteiger partial charge < -0.3 is 20.4 Å². The van der Waals surface area contributed by atoms with Crippen LogP contribution in [0.25, 0.3) is 11.4 Å². The fourth-order valence-corrected chi connectivity index (χ4v) is 3.03. The summed E-state index contributed by atoms with van der Waals surface area (Å²) >= 11 is 0. The van der Waals surface area contributed by atoms with Gasteiger partial charge in [-0.25, -0.2) is 9.78 Å². The largest absolute Gasteiger partial charge is 0.450 e. The van der Waals surface area contributed by atoms with E-state index >= 15 is 0 Å². The molecule has 0 saturated heterocycles. The minimum atomic E-state index is -0.513. The fourth-order valence-electron chi connectivity index (χ4n) is 3.03. The Morgan fingerprint density at radius 3 is 2.53 bits per heavy atom. The van der Waals surface area contributed by atoms with Crippen LogP contribution in [0, 0.1) is 12.8 Å². The fraction of sp³-hybridized carbons (Fsp3) is 0.476. The van der Waals surface area contributed by atoms with Gasteiger partial charge in [-0.1, -0.05) is 13.8 Å². The van der Waals surface area contributed by atoms with Crippen LogP contribution in [0.4, 0.5) is 4.79 Å². The Kier molecular flexibility index (Phi) is 8.52. The number of aromatic nitrogens is 3. The van der Waals surface area contributed by atoms with Crippen molar-refractivity contribution in [2.45, 2.75) is 46.6 Å². The van der Waals surface area contributed by atoms with Crippen LogP contribution < -0.4 is 16.2 Å². The molecule has 3 N–H and O–H groups in total. The van der Waals surface area contributed by atoms with Gasteiger partial charge in [0.25, 0.3) is 5.56 Å². The summed E-state index contributed by atoms with van der Waals surface area (Å²) in [5, 5.41) is 5.54. The number of hydrogen-bond donors (Lipinski definition) is 3. The molecule has 1 unspecified atom stereocenters. The first-order valence-electron chi connectivity index (χ1n) is 10.00. The van der Waals surface area contributed by atoms with Gasteiger partial charge in [-0.15, -0.1) is 0 Å². The van der Waals surface area contributed by atoms with E-state index in [0.29, 0.717) is 29.4 Å². The van der Waals surface area contributed by atoms with E-state index < -0.39 is 6.09 Å². The third-order valence-corrected chi connectivity index (χ3v) is 4.41. The first-order chi connectivity index (χ1) is 14.3. The van der Waals surface area contributed by atoms with Crippen molar-refractivity contribution in [3.63, 3.8) is 0 Å². The molecule has 9 nitrogen and oxygen atoms in total. The number of carbonyl (C=O) groups is 2. The molecular formula is C21H29N5O4. The number of ether oxygens (including phenoxy) is 1. The first-order valence-corrected chi connectivity index (χ1v) is 10.00. The molecule has 2 aromatic heterocycles. The number of rotatable bonds is 9. The lowest BCUT2D eigenvalue weighted by Gasteiger charge is -2.20. The average molecular weight is 415 g/mol. The van der Waals surface area contributed by atoms with Crippen molar-refractivity contribution in [2.75, 3.05) is 13.2 Å². The Balaban J connectivity index is 2.02. The molecule has 0 aliphatic carbocycles. The molecule has 0 radical (unpaired) electrons. The lowest BCUT2D eigenvalue weighted by molar-refractivity contribution is -0.120. The minimum Gasteiger partial charge on any atom is -0.450 e. The summed E-state index contributed by atoms with van der Waals surface area (Å²) < 4.78 is 4.92. The standard InChI is InChI=1S/C21H29N5O4/c1-5-30-21(29)25-16(10-13(2)3)12-23-18(27)11-17-14(4)24-19(26-20(17)28)15-6-8-22-9-7-15/h6-9,13,16H,5,10-12H2,1-4H3,(H,23,27)(H,25,29)(H,24,26,28). The summed E-state index contributed by atoms with van der Waals surface area (Å²) in [5.74, 6) is 0.435. The third-order valence-electron chi connectivity index (χ3n) is 4.41. The molecule has 2 amide bonds. The topological polar surface area (TPSA) is 126 Å². The Labute approximate surface area is 175 Å². The van der Waals surface area contributed by atoms with E-state index in [0.717, 1.165) is 5.56 Å². The zero-order valence-electron chi connectivity index (χ0n) is 17.8. The smallest absolute Gasteiger partial charge is 0.407 e. The van der Waals surface area contributed by atoms with Gasteiger partial charge in [0.1, 0.15) is 5.82 Å². The molecule has 162 valence electrons. The Morgan fingerprint density at radius 1 is 1.23 bits per heavy atom. The molecule has 0 aliphatic rings. The number of H-pyrrole nitrogens is 1. The van der Waals surface area contributed by atoms with E-state index in [-0.39, 0.29) is 37.1 Å². The predicted octanol–water partition coefficient (Wildman–Crippen LogP) is 1.96. The van der Waals surface area contributed by atoms with Gasteiger partial charge in [0.05, 0.1) is 13.0 Å². The molecule has 0 saturated carbocycles. The van der Waals surface area contributed by atoms with Gasteiger partial charge in [-0.2, -0.15) is 0 Å². The van der Waals surface area contributed by atoms with E-state index in [9.17, 15) is 14.4 Å². The lowest BCUT2D eigenvalue weighted by atomic mass is 10.0. The molecule has 9 heteroatoms. The maximum Gasteiger partial charge on any atom is 0.407 e. The number of aryl methyl sites for hydroxylation is 1. The van der Waals surface area contributed by atoms with Crippen LogP contribution >= 0.6 is 0 Å². The second-order valence-corrected chi connectivity index (χ2v) is 7.39. The highest BCUT2D eigenvalue weighted by Crippen LogP contribution is 2.13. The zero-order chi connectivity index (χ0) is 22.1. The van der Waals surface area contributed by atoms with Crippen molar-refractivity contribution in [2.24, 2.45) is 5.92 Å². The van der Waals surface area contributed by atoms with Crippen molar-refractivity contribution < 1.29 is 14.3 Å². The predicted molar refractivity (Wildman–Crippen MR) is 113 cm³/mol. The number of nitrogens with one attached hydrogen (secondary N) is 3. The van der Waals surface area contributed by atoms with Crippen LogP contribution in [0.5, 0.6) is 0 Å². The van der Waals surface area contributed by atoms with Gasteiger partial charge in [0, 0.05) is 41.8 Å². The van der Waals surface area contributed by atoms with Crippen LogP contribution in [0.15, 0.2) is 29.3 Å². The average Bonchev–Trinajstić information content (AvgIpc) is 2.69. The van der Waals surface area contributed by atoms with Gasteiger partial charge in [-0.05, 0) is 38.3 Å². The zero-order valence-corrected chi connectivity index (χ0v) is 17.8. The number of amides is 2. The van der Waals surface area contributed by atoms with Crippen molar-refractivity contribution in [1.82, 2.24) is 25.6 Å². The second kappa shape index (κ2) is 11.1. The van der Waals surface area contributed by atoms with Crippen LogP contribution in [-0.4, -0.2) is 46.1 Å². The maximum absolute atomic E-state index is 12.5. The van der Waals surface area contributed by atoms with E-state index in [1.807, 2.05) is 13.8 Å². The molecule has 1 atom stereocenters. The van der Waals surface area contributed by atoms with Crippen LogP contribution in [0.1, 0.15) is 38.4 Å². The van der Waals surface area contributed by atoms with Gasteiger partial charge in [0.2, 0.25) is 5.91 Å². The summed E-state index contributed by atoms with van der Waals surface area (Å²) in [6.07, 6.45) is 3.30.